The first-order chi connectivity index (χ1) is 13.1. The molecule has 1 aromatic carbocycles. The molecule has 0 spiro atoms. The van der Waals surface area contributed by atoms with Gasteiger partial charge in [-0.25, -0.2) is 13.9 Å². The van der Waals surface area contributed by atoms with Crippen LogP contribution in [0.4, 0.5) is 0 Å². The average molecular weight is 408 g/mol. The number of hydrogen-bond donors (Lipinski definition) is 2. The topological polar surface area (TPSA) is 115 Å². The van der Waals surface area contributed by atoms with Gasteiger partial charge in [-0.3, -0.25) is 14.8 Å². The summed E-state index contributed by atoms with van der Waals surface area (Å²) >= 11 is 0. The van der Waals surface area contributed by atoms with Crippen LogP contribution in [0, 0.1) is 0 Å². The van der Waals surface area contributed by atoms with Crippen molar-refractivity contribution in [2.75, 3.05) is 13.4 Å². The van der Waals surface area contributed by atoms with Gasteiger partial charge >= 0.3 is 0 Å². The molecule has 152 valence electrons. The number of benzene rings is 1. The van der Waals surface area contributed by atoms with E-state index in [4.69, 9.17) is 9.94 Å². The van der Waals surface area contributed by atoms with Crippen LogP contribution in [0.3, 0.4) is 0 Å². The molecule has 0 aliphatic rings. The Kier molecular flexibility index (Phi) is 6.76. The summed E-state index contributed by atoms with van der Waals surface area (Å²) in [6, 6.07) is 10.8. The van der Waals surface area contributed by atoms with Gasteiger partial charge in [-0.2, -0.15) is 0 Å². The quantitative estimate of drug-likeness (QED) is 0.503. The summed E-state index contributed by atoms with van der Waals surface area (Å²) in [4.78, 5) is 24.4. The van der Waals surface area contributed by atoms with Crippen LogP contribution < -0.4 is 11.0 Å². The van der Waals surface area contributed by atoms with Gasteiger partial charge in [0.05, 0.1) is 6.61 Å². The van der Waals surface area contributed by atoms with Crippen molar-refractivity contribution in [3.8, 4) is 11.1 Å². The van der Waals surface area contributed by atoms with Crippen LogP contribution >= 0.6 is 0 Å². The van der Waals surface area contributed by atoms with Gasteiger partial charge in [0.2, 0.25) is 0 Å². The van der Waals surface area contributed by atoms with Gasteiger partial charge in [-0.05, 0) is 36.1 Å². The molecule has 28 heavy (non-hydrogen) atoms. The Morgan fingerprint density at radius 1 is 1.29 bits per heavy atom. The summed E-state index contributed by atoms with van der Waals surface area (Å²) in [5.74, 6) is -1.03. The zero-order valence-corrected chi connectivity index (χ0v) is 16.8. The molecule has 1 heterocycles. The van der Waals surface area contributed by atoms with E-state index in [0.717, 1.165) is 17.4 Å². The van der Waals surface area contributed by atoms with E-state index in [-0.39, 0.29) is 18.5 Å². The van der Waals surface area contributed by atoms with E-state index in [1.54, 1.807) is 19.4 Å². The van der Waals surface area contributed by atoms with Crippen molar-refractivity contribution in [1.29, 1.82) is 0 Å². The van der Waals surface area contributed by atoms with Crippen LogP contribution in [0.1, 0.15) is 18.9 Å². The largest absolute Gasteiger partial charge is 0.380 e. The third kappa shape index (κ3) is 4.49. The Labute approximate surface area is 163 Å². The van der Waals surface area contributed by atoms with E-state index in [9.17, 15) is 18.0 Å². The van der Waals surface area contributed by atoms with Crippen molar-refractivity contribution < 1.29 is 23.2 Å². The predicted octanol–water partition coefficient (Wildman–Crippen LogP) is 1.36. The van der Waals surface area contributed by atoms with Gasteiger partial charge in [0.1, 0.15) is 0 Å². The molecule has 8 nitrogen and oxygen atoms in total. The lowest BCUT2D eigenvalue weighted by Crippen LogP contribution is -2.49. The van der Waals surface area contributed by atoms with Crippen LogP contribution in [0.25, 0.3) is 11.1 Å². The average Bonchev–Trinajstić information content (AvgIpc) is 2.65. The summed E-state index contributed by atoms with van der Waals surface area (Å²) in [5.41, 5.74) is 3.59. The predicted molar refractivity (Wildman–Crippen MR) is 105 cm³/mol. The van der Waals surface area contributed by atoms with Crippen molar-refractivity contribution in [3.05, 3.63) is 58.5 Å². The minimum Gasteiger partial charge on any atom is -0.380 e. The molecule has 1 atom stereocenters. The summed E-state index contributed by atoms with van der Waals surface area (Å²) in [5, 5.41) is 8.87. The van der Waals surface area contributed by atoms with Crippen LogP contribution in [-0.2, 0) is 32.5 Å². The molecule has 2 aromatic rings. The number of ether oxygens (including phenoxy) is 1. The SMILES string of the molecule is COCc1ccccc1-c1ccn(CCC(C)(C(=O)NO)S(C)(=O)=O)c(=O)c1. The number of methoxy groups -OCH3 is 1. The molecule has 0 fully saturated rings. The Hall–Kier alpha value is -2.49. The number of carbonyl (C=O) groups is 1. The van der Waals surface area contributed by atoms with Crippen molar-refractivity contribution in [3.63, 3.8) is 0 Å². The number of pyridine rings is 1. The highest BCUT2D eigenvalue weighted by atomic mass is 32.2. The van der Waals surface area contributed by atoms with Gasteiger partial charge in [0, 0.05) is 32.2 Å². The van der Waals surface area contributed by atoms with Crippen molar-refractivity contribution in [2.45, 2.75) is 31.2 Å². The van der Waals surface area contributed by atoms with Crippen molar-refractivity contribution in [2.24, 2.45) is 0 Å². The van der Waals surface area contributed by atoms with E-state index in [1.165, 1.54) is 23.0 Å². The molecular formula is C19H24N2O6S. The summed E-state index contributed by atoms with van der Waals surface area (Å²) < 4.78 is 28.7. The van der Waals surface area contributed by atoms with Crippen LogP contribution in [0.15, 0.2) is 47.4 Å². The number of hydroxylamine groups is 1. The highest BCUT2D eigenvalue weighted by Crippen LogP contribution is 2.24. The number of aromatic nitrogens is 1. The highest BCUT2D eigenvalue weighted by molar-refractivity contribution is 7.92. The van der Waals surface area contributed by atoms with E-state index in [2.05, 4.69) is 0 Å². The Bertz CT molecular complexity index is 1020. The fraction of sp³-hybridized carbons (Fsp3) is 0.368. The lowest BCUT2D eigenvalue weighted by atomic mass is 10.0. The number of sulfone groups is 1. The number of aryl methyl sites for hydroxylation is 1. The van der Waals surface area contributed by atoms with Gasteiger partial charge in [-0.1, -0.05) is 24.3 Å². The first-order valence-electron chi connectivity index (χ1n) is 8.56. The first kappa shape index (κ1) is 21.8. The Balaban J connectivity index is 2.31. The summed E-state index contributed by atoms with van der Waals surface area (Å²) in [7, 11) is -2.23. The van der Waals surface area contributed by atoms with Crippen molar-refractivity contribution >= 4 is 15.7 Å². The maximum atomic E-state index is 12.5. The second-order valence-corrected chi connectivity index (χ2v) is 9.18. The number of nitrogens with zero attached hydrogens (tertiary/aromatic N) is 1. The van der Waals surface area contributed by atoms with E-state index < -0.39 is 20.5 Å². The standard InChI is InChI=1S/C19H24N2O6S/c1-19(18(23)20-24,28(3,25)26)9-11-21-10-8-14(12-17(21)22)16-7-5-4-6-15(16)13-27-2/h4-8,10,12,24H,9,11,13H2,1-3H3,(H,20,23). The molecule has 0 saturated carbocycles. The van der Waals surface area contributed by atoms with Gasteiger partial charge < -0.3 is 9.30 Å². The van der Waals surface area contributed by atoms with E-state index >= 15 is 0 Å². The molecule has 2 N–H and O–H groups in total. The van der Waals surface area contributed by atoms with Crippen LogP contribution in [0.2, 0.25) is 0 Å². The molecule has 0 saturated heterocycles. The zero-order chi connectivity index (χ0) is 20.9. The second-order valence-electron chi connectivity index (χ2n) is 6.73. The zero-order valence-electron chi connectivity index (χ0n) is 16.0. The number of rotatable bonds is 8. The molecule has 0 aliphatic heterocycles. The number of amides is 1. The third-order valence-corrected chi connectivity index (χ3v) is 6.88. The minimum absolute atomic E-state index is 0.00415. The summed E-state index contributed by atoms with van der Waals surface area (Å²) in [6.45, 7) is 1.62. The molecule has 1 unspecified atom stereocenters. The van der Waals surface area contributed by atoms with Gasteiger partial charge in [-0.15, -0.1) is 0 Å². The van der Waals surface area contributed by atoms with Gasteiger partial charge in [0.15, 0.2) is 14.6 Å². The number of hydrogen-bond acceptors (Lipinski definition) is 6. The van der Waals surface area contributed by atoms with E-state index in [1.807, 2.05) is 24.3 Å². The maximum absolute atomic E-state index is 12.5. The highest BCUT2D eigenvalue weighted by Gasteiger charge is 2.43. The third-order valence-electron chi connectivity index (χ3n) is 4.85. The lowest BCUT2D eigenvalue weighted by molar-refractivity contribution is -0.131. The smallest absolute Gasteiger partial charge is 0.264 e. The summed E-state index contributed by atoms with van der Waals surface area (Å²) in [6.07, 6.45) is 2.30. The number of carbonyl (C=O) groups excluding carboxylic acids is 1. The van der Waals surface area contributed by atoms with Crippen molar-refractivity contribution in [1.82, 2.24) is 10.0 Å². The molecule has 1 amide bonds. The van der Waals surface area contributed by atoms with Crippen LogP contribution in [0.5, 0.6) is 0 Å². The molecular weight excluding hydrogens is 384 g/mol. The van der Waals surface area contributed by atoms with E-state index in [0.29, 0.717) is 12.2 Å². The Morgan fingerprint density at radius 3 is 2.54 bits per heavy atom. The maximum Gasteiger partial charge on any atom is 0.264 e. The fourth-order valence-electron chi connectivity index (χ4n) is 2.86. The Morgan fingerprint density at radius 2 is 1.96 bits per heavy atom. The second kappa shape index (κ2) is 8.68. The lowest BCUT2D eigenvalue weighted by Gasteiger charge is -2.25. The molecule has 2 rings (SSSR count). The van der Waals surface area contributed by atoms with Crippen LogP contribution in [-0.4, -0.2) is 42.2 Å². The minimum atomic E-state index is -3.82. The molecule has 0 aliphatic carbocycles. The first-order valence-corrected chi connectivity index (χ1v) is 10.4. The number of nitrogens with one attached hydrogen (secondary N) is 1. The van der Waals surface area contributed by atoms with Gasteiger partial charge in [0.25, 0.3) is 11.5 Å². The fourth-order valence-corrected chi connectivity index (χ4v) is 3.71. The molecule has 1 aromatic heterocycles. The normalized spacial score (nSPS) is 13.7. The molecule has 0 radical (unpaired) electrons. The monoisotopic (exact) mass is 408 g/mol. The molecule has 0 bridgehead atoms. The molecule has 9 heteroatoms.